The lowest BCUT2D eigenvalue weighted by atomic mass is 10.2. The van der Waals surface area contributed by atoms with Gasteiger partial charge in [-0.2, -0.15) is 5.26 Å². The zero-order valence-corrected chi connectivity index (χ0v) is 8.70. The Labute approximate surface area is 89.3 Å². The van der Waals surface area contributed by atoms with Gasteiger partial charge in [0.15, 0.2) is 0 Å². The predicted molar refractivity (Wildman–Crippen MR) is 58.4 cm³/mol. The number of rotatable bonds is 2. The van der Waals surface area contributed by atoms with E-state index >= 15 is 0 Å². The smallest absolute Gasteiger partial charge is 0.127 e. The van der Waals surface area contributed by atoms with Crippen LogP contribution in [0, 0.1) is 11.3 Å². The number of hydrogen-bond acceptors (Lipinski definition) is 4. The summed E-state index contributed by atoms with van der Waals surface area (Å²) >= 11 is 0. The van der Waals surface area contributed by atoms with E-state index in [2.05, 4.69) is 28.6 Å². The van der Waals surface area contributed by atoms with E-state index in [1.165, 1.54) is 0 Å². The van der Waals surface area contributed by atoms with Crippen LogP contribution >= 0.6 is 0 Å². The van der Waals surface area contributed by atoms with Gasteiger partial charge >= 0.3 is 0 Å². The van der Waals surface area contributed by atoms with Crippen LogP contribution in [0.2, 0.25) is 0 Å². The van der Waals surface area contributed by atoms with Gasteiger partial charge in [-0.25, -0.2) is 4.98 Å². The summed E-state index contributed by atoms with van der Waals surface area (Å²) in [6, 6.07) is 6.57. The Morgan fingerprint density at radius 3 is 3.20 bits per heavy atom. The molecule has 0 unspecified atom stereocenters. The van der Waals surface area contributed by atoms with Crippen molar-refractivity contribution in [3.8, 4) is 6.07 Å². The van der Waals surface area contributed by atoms with Crippen molar-refractivity contribution in [2.75, 3.05) is 11.9 Å². The minimum absolute atomic E-state index is 0.418. The maximum Gasteiger partial charge on any atom is 0.127 e. The van der Waals surface area contributed by atoms with Gasteiger partial charge in [0.05, 0.1) is 11.6 Å². The highest BCUT2D eigenvalue weighted by Crippen LogP contribution is 2.13. The third-order valence-electron chi connectivity index (χ3n) is 2.59. The minimum Gasteiger partial charge on any atom is -0.366 e. The molecular weight excluding hydrogens is 188 g/mol. The Bertz CT molecular complexity index is 382. The van der Waals surface area contributed by atoms with E-state index < -0.39 is 0 Å². The molecule has 15 heavy (non-hydrogen) atoms. The molecule has 0 radical (unpaired) electrons. The van der Waals surface area contributed by atoms with E-state index in [1.807, 2.05) is 0 Å². The zero-order chi connectivity index (χ0) is 10.7. The van der Waals surface area contributed by atoms with Crippen molar-refractivity contribution in [1.29, 1.82) is 5.26 Å². The third kappa shape index (κ3) is 2.45. The van der Waals surface area contributed by atoms with Crippen molar-refractivity contribution in [1.82, 2.24) is 10.3 Å². The third-order valence-corrected chi connectivity index (χ3v) is 2.59. The summed E-state index contributed by atoms with van der Waals surface area (Å²) in [4.78, 5) is 4.19. The molecule has 1 fully saturated rings. The van der Waals surface area contributed by atoms with Gasteiger partial charge in [-0.05, 0) is 25.5 Å². The van der Waals surface area contributed by atoms with Crippen molar-refractivity contribution < 1.29 is 0 Å². The molecule has 4 nitrogen and oxygen atoms in total. The van der Waals surface area contributed by atoms with Crippen molar-refractivity contribution in [3.63, 3.8) is 0 Å². The zero-order valence-electron chi connectivity index (χ0n) is 8.70. The molecule has 2 N–H and O–H groups in total. The van der Waals surface area contributed by atoms with Gasteiger partial charge in [0.1, 0.15) is 5.82 Å². The topological polar surface area (TPSA) is 60.7 Å². The van der Waals surface area contributed by atoms with E-state index in [-0.39, 0.29) is 0 Å². The molecule has 2 heterocycles. The Hall–Kier alpha value is -1.60. The van der Waals surface area contributed by atoms with Crippen LogP contribution in [-0.4, -0.2) is 23.6 Å². The number of pyridine rings is 1. The molecule has 1 aromatic heterocycles. The second kappa shape index (κ2) is 4.28. The summed E-state index contributed by atoms with van der Waals surface area (Å²) in [5.41, 5.74) is 0.645. The highest BCUT2D eigenvalue weighted by atomic mass is 15.1. The second-order valence-electron chi connectivity index (χ2n) is 3.93. The van der Waals surface area contributed by atoms with Crippen LogP contribution in [0.5, 0.6) is 0 Å². The minimum atomic E-state index is 0.418. The fourth-order valence-corrected chi connectivity index (χ4v) is 1.84. The van der Waals surface area contributed by atoms with Crippen LogP contribution in [0.1, 0.15) is 18.9 Å². The fraction of sp³-hybridized carbons (Fsp3) is 0.455. The SMILES string of the molecule is C[C@@H]1C[C@@H](Nc2cc(C#N)ccn2)CN1. The Balaban J connectivity index is 2.02. The van der Waals surface area contributed by atoms with Gasteiger partial charge in [0.25, 0.3) is 0 Å². The predicted octanol–water partition coefficient (Wildman–Crippen LogP) is 1.12. The molecule has 0 aliphatic carbocycles. The highest BCUT2D eigenvalue weighted by molar-refractivity contribution is 5.43. The largest absolute Gasteiger partial charge is 0.366 e. The van der Waals surface area contributed by atoms with E-state index in [4.69, 9.17) is 5.26 Å². The highest BCUT2D eigenvalue weighted by Gasteiger charge is 2.20. The molecule has 1 aromatic rings. The number of nitrogens with zero attached hydrogens (tertiary/aromatic N) is 2. The number of aromatic nitrogens is 1. The first-order valence-electron chi connectivity index (χ1n) is 5.14. The van der Waals surface area contributed by atoms with Gasteiger partial charge in [0, 0.05) is 24.8 Å². The van der Waals surface area contributed by atoms with Crippen LogP contribution in [0.25, 0.3) is 0 Å². The average Bonchev–Trinajstić information content (AvgIpc) is 2.64. The molecule has 0 bridgehead atoms. The molecule has 2 rings (SSSR count). The van der Waals surface area contributed by atoms with Crippen molar-refractivity contribution in [2.45, 2.75) is 25.4 Å². The summed E-state index contributed by atoms with van der Waals surface area (Å²) in [6.07, 6.45) is 2.76. The van der Waals surface area contributed by atoms with Gasteiger partial charge in [-0.15, -0.1) is 0 Å². The average molecular weight is 202 g/mol. The first-order chi connectivity index (χ1) is 7.28. The lowest BCUT2D eigenvalue weighted by Crippen LogP contribution is -2.23. The van der Waals surface area contributed by atoms with Gasteiger partial charge in [-0.1, -0.05) is 0 Å². The standard InChI is InChI=1S/C11H14N4/c1-8-4-10(7-14-8)15-11-5-9(6-12)2-3-13-11/h2-3,5,8,10,14H,4,7H2,1H3,(H,13,15)/t8-,10-/m1/s1. The second-order valence-corrected chi connectivity index (χ2v) is 3.93. The van der Waals surface area contributed by atoms with E-state index in [0.29, 0.717) is 17.6 Å². The molecular formula is C11H14N4. The monoisotopic (exact) mass is 202 g/mol. The summed E-state index contributed by atoms with van der Waals surface area (Å²) in [7, 11) is 0. The molecule has 2 atom stereocenters. The van der Waals surface area contributed by atoms with Gasteiger partial charge in [-0.3, -0.25) is 0 Å². The molecule has 0 spiro atoms. The molecule has 1 aliphatic rings. The van der Waals surface area contributed by atoms with Crippen molar-refractivity contribution in [2.24, 2.45) is 0 Å². The number of nitrogens with one attached hydrogen (secondary N) is 2. The molecule has 0 amide bonds. The summed E-state index contributed by atoms with van der Waals surface area (Å²) in [5, 5.41) is 15.4. The lowest BCUT2D eigenvalue weighted by molar-refractivity contribution is 0.661. The normalized spacial score (nSPS) is 24.8. The fourth-order valence-electron chi connectivity index (χ4n) is 1.84. The number of hydrogen-bond donors (Lipinski definition) is 2. The molecule has 1 saturated heterocycles. The number of nitriles is 1. The van der Waals surface area contributed by atoms with Gasteiger partial charge in [0.2, 0.25) is 0 Å². The molecule has 0 saturated carbocycles. The van der Waals surface area contributed by atoms with Crippen molar-refractivity contribution >= 4 is 5.82 Å². The summed E-state index contributed by atoms with van der Waals surface area (Å²) in [6.45, 7) is 3.13. The maximum atomic E-state index is 8.75. The summed E-state index contributed by atoms with van der Waals surface area (Å²) < 4.78 is 0. The molecule has 4 heteroatoms. The molecule has 78 valence electrons. The van der Waals surface area contributed by atoms with Gasteiger partial charge < -0.3 is 10.6 Å². The Morgan fingerprint density at radius 2 is 2.53 bits per heavy atom. The van der Waals surface area contributed by atoms with Crippen LogP contribution < -0.4 is 10.6 Å². The van der Waals surface area contributed by atoms with E-state index in [0.717, 1.165) is 18.8 Å². The van der Waals surface area contributed by atoms with E-state index in [9.17, 15) is 0 Å². The molecule has 0 aromatic carbocycles. The quantitative estimate of drug-likeness (QED) is 0.754. The van der Waals surface area contributed by atoms with Crippen LogP contribution in [0.4, 0.5) is 5.82 Å². The van der Waals surface area contributed by atoms with Crippen LogP contribution in [0.3, 0.4) is 0 Å². The number of anilines is 1. The first kappa shape index (κ1) is 9.94. The maximum absolute atomic E-state index is 8.75. The Kier molecular flexibility index (Phi) is 2.84. The molecule has 1 aliphatic heterocycles. The van der Waals surface area contributed by atoms with Crippen LogP contribution in [-0.2, 0) is 0 Å². The van der Waals surface area contributed by atoms with Crippen molar-refractivity contribution in [3.05, 3.63) is 23.9 Å². The summed E-state index contributed by atoms with van der Waals surface area (Å²) in [5.74, 6) is 0.787. The first-order valence-corrected chi connectivity index (χ1v) is 5.14. The lowest BCUT2D eigenvalue weighted by Gasteiger charge is -2.11. The van der Waals surface area contributed by atoms with Crippen LogP contribution in [0.15, 0.2) is 18.3 Å². The van der Waals surface area contributed by atoms with E-state index in [1.54, 1.807) is 18.3 Å². The Morgan fingerprint density at radius 1 is 1.67 bits per heavy atom.